The van der Waals surface area contributed by atoms with Gasteiger partial charge >= 0.3 is 11.9 Å². The highest BCUT2D eigenvalue weighted by molar-refractivity contribution is 5.69. The normalized spacial score (nSPS) is 11.7. The van der Waals surface area contributed by atoms with Crippen molar-refractivity contribution in [2.24, 2.45) is 5.41 Å². The summed E-state index contributed by atoms with van der Waals surface area (Å²) in [5.41, 5.74) is 3.22. The minimum absolute atomic E-state index is 0.110. The third-order valence-electron chi connectivity index (χ3n) is 7.09. The van der Waals surface area contributed by atoms with Gasteiger partial charge in [-0.15, -0.1) is 0 Å². The van der Waals surface area contributed by atoms with Crippen molar-refractivity contribution in [3.63, 3.8) is 0 Å². The number of benzene rings is 2. The zero-order valence-electron chi connectivity index (χ0n) is 26.2. The molecule has 0 amide bonds. The van der Waals surface area contributed by atoms with Gasteiger partial charge in [0.05, 0.1) is 12.7 Å². The SMILES string of the molecule is CC(C)(C)CCC(=O)OCCOc1ccc(C(C)(C)c2ccc(OCCOC(=O)CCNCCc3cnc[nH]3)cc2)cc1. The molecule has 43 heavy (non-hydrogen) atoms. The van der Waals surface area contributed by atoms with Crippen LogP contribution < -0.4 is 14.8 Å². The summed E-state index contributed by atoms with van der Waals surface area (Å²) in [5.74, 6) is 1.02. The molecule has 9 nitrogen and oxygen atoms in total. The molecule has 234 valence electrons. The van der Waals surface area contributed by atoms with Gasteiger partial charge in [-0.2, -0.15) is 0 Å². The number of hydrogen-bond donors (Lipinski definition) is 2. The number of carbonyl (C=O) groups excluding carboxylic acids is 2. The number of carbonyl (C=O) groups is 2. The lowest BCUT2D eigenvalue weighted by molar-refractivity contribution is -0.145. The Morgan fingerprint density at radius 1 is 0.744 bits per heavy atom. The van der Waals surface area contributed by atoms with Crippen molar-refractivity contribution in [3.8, 4) is 11.5 Å². The Bertz CT molecular complexity index is 1230. The molecule has 0 bridgehead atoms. The fourth-order valence-electron chi connectivity index (χ4n) is 4.31. The van der Waals surface area contributed by atoms with Crippen LogP contribution in [0.15, 0.2) is 61.1 Å². The topological polar surface area (TPSA) is 112 Å². The molecular formula is C34H47N3O6. The maximum absolute atomic E-state index is 11.9. The van der Waals surface area contributed by atoms with Gasteiger partial charge in [0.15, 0.2) is 0 Å². The largest absolute Gasteiger partial charge is 0.490 e. The summed E-state index contributed by atoms with van der Waals surface area (Å²) < 4.78 is 22.1. The molecule has 0 radical (unpaired) electrons. The first-order valence-corrected chi connectivity index (χ1v) is 15.0. The monoisotopic (exact) mass is 593 g/mol. The quantitative estimate of drug-likeness (QED) is 0.144. The lowest BCUT2D eigenvalue weighted by Crippen LogP contribution is -2.22. The molecule has 0 saturated carbocycles. The predicted molar refractivity (Wildman–Crippen MR) is 166 cm³/mol. The van der Waals surface area contributed by atoms with E-state index in [0.717, 1.165) is 47.7 Å². The first-order chi connectivity index (χ1) is 20.5. The number of rotatable bonds is 18. The molecule has 0 spiro atoms. The summed E-state index contributed by atoms with van der Waals surface area (Å²) in [5, 5.41) is 3.22. The van der Waals surface area contributed by atoms with Crippen molar-refractivity contribution in [2.75, 3.05) is 39.5 Å². The Labute approximate surface area is 255 Å². The van der Waals surface area contributed by atoms with Crippen LogP contribution in [0.25, 0.3) is 0 Å². The minimum atomic E-state index is -0.249. The van der Waals surface area contributed by atoms with Crippen molar-refractivity contribution in [1.82, 2.24) is 15.3 Å². The number of H-pyrrole nitrogens is 1. The molecule has 0 aliphatic carbocycles. The van der Waals surface area contributed by atoms with E-state index < -0.39 is 0 Å². The van der Waals surface area contributed by atoms with Gasteiger partial charge in [-0.05, 0) is 47.2 Å². The predicted octanol–water partition coefficient (Wildman–Crippen LogP) is 5.63. The van der Waals surface area contributed by atoms with Crippen LogP contribution in [-0.4, -0.2) is 61.4 Å². The van der Waals surface area contributed by atoms with Gasteiger partial charge in [0.2, 0.25) is 0 Å². The number of aromatic nitrogens is 2. The average molecular weight is 594 g/mol. The van der Waals surface area contributed by atoms with Gasteiger partial charge in [-0.25, -0.2) is 4.98 Å². The molecule has 3 aromatic rings. The third kappa shape index (κ3) is 12.5. The third-order valence-corrected chi connectivity index (χ3v) is 7.09. The van der Waals surface area contributed by atoms with E-state index >= 15 is 0 Å². The van der Waals surface area contributed by atoms with Crippen LogP contribution in [-0.2, 0) is 30.9 Å². The van der Waals surface area contributed by atoms with Crippen LogP contribution >= 0.6 is 0 Å². The number of hydrogen-bond acceptors (Lipinski definition) is 8. The molecule has 0 atom stereocenters. The first kappa shape index (κ1) is 33.6. The Hall–Kier alpha value is -3.85. The number of aromatic amines is 1. The lowest BCUT2D eigenvalue weighted by Gasteiger charge is -2.26. The summed E-state index contributed by atoms with van der Waals surface area (Å²) in [4.78, 5) is 30.8. The van der Waals surface area contributed by atoms with E-state index in [1.807, 2.05) is 24.3 Å². The molecule has 0 aliphatic rings. The van der Waals surface area contributed by atoms with Gasteiger partial charge in [0, 0.05) is 43.2 Å². The maximum Gasteiger partial charge on any atom is 0.307 e. The molecule has 9 heteroatoms. The van der Waals surface area contributed by atoms with E-state index in [1.54, 1.807) is 12.5 Å². The van der Waals surface area contributed by atoms with Crippen LogP contribution in [0.3, 0.4) is 0 Å². The molecule has 3 rings (SSSR count). The van der Waals surface area contributed by atoms with Gasteiger partial charge in [0.25, 0.3) is 0 Å². The van der Waals surface area contributed by atoms with Crippen molar-refractivity contribution < 1.29 is 28.5 Å². The summed E-state index contributed by atoms with van der Waals surface area (Å²) in [7, 11) is 0. The highest BCUT2D eigenvalue weighted by atomic mass is 16.6. The summed E-state index contributed by atoms with van der Waals surface area (Å²) in [6.07, 6.45) is 5.81. The maximum atomic E-state index is 11.9. The Morgan fingerprint density at radius 2 is 1.28 bits per heavy atom. The number of nitrogens with one attached hydrogen (secondary N) is 2. The second-order valence-electron chi connectivity index (χ2n) is 12.2. The van der Waals surface area contributed by atoms with Gasteiger partial charge in [-0.3, -0.25) is 9.59 Å². The second-order valence-corrected chi connectivity index (χ2v) is 12.2. The average Bonchev–Trinajstić information content (AvgIpc) is 3.50. The van der Waals surface area contributed by atoms with Crippen LogP contribution in [0.1, 0.15) is 70.7 Å². The highest BCUT2D eigenvalue weighted by Crippen LogP contribution is 2.33. The summed E-state index contributed by atoms with van der Waals surface area (Å²) in [6, 6.07) is 16.0. The first-order valence-electron chi connectivity index (χ1n) is 15.0. The molecule has 1 heterocycles. The van der Waals surface area contributed by atoms with E-state index in [9.17, 15) is 9.59 Å². The fraction of sp³-hybridized carbons (Fsp3) is 0.500. The molecule has 0 fully saturated rings. The Balaban J connectivity index is 1.32. The molecule has 2 N–H and O–H groups in total. The highest BCUT2D eigenvalue weighted by Gasteiger charge is 2.23. The molecule has 0 aliphatic heterocycles. The molecule has 2 aromatic carbocycles. The van der Waals surface area contributed by atoms with Crippen LogP contribution in [0, 0.1) is 5.41 Å². The second kappa shape index (κ2) is 16.7. The van der Waals surface area contributed by atoms with Crippen molar-refractivity contribution in [2.45, 2.75) is 65.7 Å². The van der Waals surface area contributed by atoms with E-state index in [4.69, 9.17) is 18.9 Å². The summed E-state index contributed by atoms with van der Waals surface area (Å²) >= 11 is 0. The fourth-order valence-corrected chi connectivity index (χ4v) is 4.31. The molecular weight excluding hydrogens is 546 g/mol. The zero-order valence-corrected chi connectivity index (χ0v) is 26.2. The summed E-state index contributed by atoms with van der Waals surface area (Å²) in [6.45, 7) is 13.0. The number of ether oxygens (including phenoxy) is 4. The minimum Gasteiger partial charge on any atom is -0.490 e. The lowest BCUT2D eigenvalue weighted by atomic mass is 9.78. The van der Waals surface area contributed by atoms with E-state index in [-0.39, 0.29) is 36.0 Å². The number of imidazole rings is 1. The smallest absolute Gasteiger partial charge is 0.307 e. The Morgan fingerprint density at radius 3 is 1.77 bits per heavy atom. The number of esters is 2. The van der Waals surface area contributed by atoms with Gasteiger partial charge in [0.1, 0.15) is 37.9 Å². The van der Waals surface area contributed by atoms with Crippen LogP contribution in [0.5, 0.6) is 11.5 Å². The van der Waals surface area contributed by atoms with Crippen molar-refractivity contribution in [3.05, 3.63) is 77.9 Å². The standard InChI is InChI=1S/C34H47N3O6/c1-33(2,3)17-14-31(38)42-22-20-40-29-10-6-26(7-11-29)34(4,5)27-8-12-30(13-9-27)41-21-23-43-32(39)16-19-35-18-15-28-24-36-25-37-28/h6-13,24-25,35H,14-23H2,1-5H3,(H,36,37). The molecule has 1 aromatic heterocycles. The molecule has 0 saturated heterocycles. The van der Waals surface area contributed by atoms with Gasteiger partial charge < -0.3 is 29.2 Å². The van der Waals surface area contributed by atoms with E-state index in [2.05, 4.69) is 74.2 Å². The van der Waals surface area contributed by atoms with E-state index in [0.29, 0.717) is 32.6 Å². The molecule has 0 unspecified atom stereocenters. The van der Waals surface area contributed by atoms with Crippen LogP contribution in [0.4, 0.5) is 0 Å². The van der Waals surface area contributed by atoms with Gasteiger partial charge in [-0.1, -0.05) is 58.9 Å². The zero-order chi connectivity index (χ0) is 31.1. The van der Waals surface area contributed by atoms with Crippen LogP contribution in [0.2, 0.25) is 0 Å². The Kier molecular flexibility index (Phi) is 13.1. The van der Waals surface area contributed by atoms with Crippen molar-refractivity contribution >= 4 is 11.9 Å². The van der Waals surface area contributed by atoms with Crippen molar-refractivity contribution in [1.29, 1.82) is 0 Å². The number of nitrogens with zero attached hydrogens (tertiary/aromatic N) is 1. The van der Waals surface area contributed by atoms with E-state index in [1.165, 1.54) is 0 Å².